The van der Waals surface area contributed by atoms with Crippen LogP contribution in [0.3, 0.4) is 0 Å². The lowest BCUT2D eigenvalue weighted by Gasteiger charge is -2.02. The van der Waals surface area contributed by atoms with Crippen molar-refractivity contribution >= 4 is 29.0 Å². The summed E-state index contributed by atoms with van der Waals surface area (Å²) in [6.07, 6.45) is 1.74. The van der Waals surface area contributed by atoms with Crippen molar-refractivity contribution in [3.05, 3.63) is 58.0 Å². The second kappa shape index (κ2) is 4.73. The lowest BCUT2D eigenvalue weighted by Crippen LogP contribution is -2.03. The van der Waals surface area contributed by atoms with Crippen molar-refractivity contribution in [3.8, 4) is 0 Å². The first kappa shape index (κ1) is 11.2. The largest absolute Gasteiger partial charge is 0.469 e. The maximum atomic E-state index is 11.9. The van der Waals surface area contributed by atoms with E-state index in [2.05, 4.69) is 0 Å². The zero-order valence-electron chi connectivity index (χ0n) is 8.24. The van der Waals surface area contributed by atoms with E-state index in [0.29, 0.717) is 21.4 Å². The Labute approximate surface area is 103 Å². The molecule has 0 atom stereocenters. The number of carbonyl (C=O) groups is 1. The Morgan fingerprint density at radius 2 is 2.06 bits per heavy atom. The monoisotopic (exact) mass is 254 g/mol. The Bertz CT molecular complexity index is 504. The number of halogens is 2. The highest BCUT2D eigenvalue weighted by atomic mass is 35.5. The first-order valence-corrected chi connectivity index (χ1v) is 5.43. The molecule has 0 amide bonds. The van der Waals surface area contributed by atoms with Crippen LogP contribution in [0.25, 0.3) is 0 Å². The summed E-state index contributed by atoms with van der Waals surface area (Å²) in [6, 6.07) is 8.31. The molecule has 0 saturated carbocycles. The molecule has 2 rings (SSSR count). The molecule has 1 heterocycles. The van der Waals surface area contributed by atoms with E-state index in [-0.39, 0.29) is 12.2 Å². The van der Waals surface area contributed by atoms with Crippen molar-refractivity contribution in [3.63, 3.8) is 0 Å². The fraction of sp³-hybridized carbons (Fsp3) is 0.0833. The molecule has 2 aromatic rings. The van der Waals surface area contributed by atoms with Crippen LogP contribution in [0, 0.1) is 0 Å². The molecule has 0 aliphatic carbocycles. The predicted molar refractivity (Wildman–Crippen MR) is 63.2 cm³/mol. The fourth-order valence-electron chi connectivity index (χ4n) is 1.38. The highest BCUT2D eigenvalue weighted by Gasteiger charge is 2.12. The number of benzene rings is 1. The quantitative estimate of drug-likeness (QED) is 0.775. The molecule has 0 spiro atoms. The fourth-order valence-corrected chi connectivity index (χ4v) is 1.90. The molecule has 0 aliphatic heterocycles. The van der Waals surface area contributed by atoms with Gasteiger partial charge in [-0.1, -0.05) is 23.2 Å². The molecule has 4 heteroatoms. The number of rotatable bonds is 3. The Hall–Kier alpha value is -1.25. The number of carbonyl (C=O) groups excluding carboxylic acids is 1. The second-order valence-corrected chi connectivity index (χ2v) is 4.15. The molecule has 0 aliphatic rings. The molecule has 0 bridgehead atoms. The minimum atomic E-state index is -0.0865. The summed E-state index contributed by atoms with van der Waals surface area (Å²) in [4.78, 5) is 11.9. The Balaban J connectivity index is 2.21. The van der Waals surface area contributed by atoms with Gasteiger partial charge in [0.15, 0.2) is 5.78 Å². The van der Waals surface area contributed by atoms with E-state index in [1.54, 1.807) is 30.3 Å². The van der Waals surface area contributed by atoms with Gasteiger partial charge in [0.1, 0.15) is 5.76 Å². The Morgan fingerprint density at radius 3 is 2.69 bits per heavy atom. The van der Waals surface area contributed by atoms with Crippen LogP contribution in [0.4, 0.5) is 0 Å². The zero-order valence-corrected chi connectivity index (χ0v) is 9.76. The van der Waals surface area contributed by atoms with Gasteiger partial charge in [0.05, 0.1) is 17.7 Å². The van der Waals surface area contributed by atoms with Gasteiger partial charge in [-0.2, -0.15) is 0 Å². The van der Waals surface area contributed by atoms with Crippen LogP contribution < -0.4 is 0 Å². The minimum absolute atomic E-state index is 0.0865. The molecule has 0 unspecified atom stereocenters. The van der Waals surface area contributed by atoms with Crippen molar-refractivity contribution in [1.29, 1.82) is 0 Å². The molecule has 0 radical (unpaired) electrons. The summed E-state index contributed by atoms with van der Waals surface area (Å²) < 4.78 is 5.10. The standard InChI is InChI=1S/C12H8Cl2O2/c13-8-3-4-10(11(14)6-8)12(15)7-9-2-1-5-16-9/h1-6H,7H2. The molecule has 0 fully saturated rings. The van der Waals surface area contributed by atoms with E-state index in [1.807, 2.05) is 0 Å². The smallest absolute Gasteiger partial charge is 0.171 e. The van der Waals surface area contributed by atoms with E-state index in [0.717, 1.165) is 0 Å². The maximum Gasteiger partial charge on any atom is 0.171 e. The molecular weight excluding hydrogens is 247 g/mol. The molecule has 0 N–H and O–H groups in total. The number of hydrogen-bond acceptors (Lipinski definition) is 2. The number of ketones is 1. The van der Waals surface area contributed by atoms with Crippen molar-refractivity contribution in [2.24, 2.45) is 0 Å². The van der Waals surface area contributed by atoms with Crippen LogP contribution in [0.5, 0.6) is 0 Å². The molecule has 2 nitrogen and oxygen atoms in total. The topological polar surface area (TPSA) is 30.2 Å². The van der Waals surface area contributed by atoms with E-state index in [4.69, 9.17) is 27.6 Å². The van der Waals surface area contributed by atoms with Crippen LogP contribution in [0.15, 0.2) is 41.0 Å². The third kappa shape index (κ3) is 2.46. The van der Waals surface area contributed by atoms with Gasteiger partial charge in [-0.25, -0.2) is 0 Å². The summed E-state index contributed by atoms with van der Waals surface area (Å²) in [7, 11) is 0. The number of hydrogen-bond donors (Lipinski definition) is 0. The third-order valence-corrected chi connectivity index (χ3v) is 2.69. The lowest BCUT2D eigenvalue weighted by molar-refractivity contribution is 0.0987. The van der Waals surface area contributed by atoms with Gasteiger partial charge >= 0.3 is 0 Å². The van der Waals surface area contributed by atoms with E-state index < -0.39 is 0 Å². The molecule has 16 heavy (non-hydrogen) atoms. The van der Waals surface area contributed by atoms with E-state index in [9.17, 15) is 4.79 Å². The summed E-state index contributed by atoms with van der Waals surface area (Å²) >= 11 is 11.7. The lowest BCUT2D eigenvalue weighted by atomic mass is 10.1. The second-order valence-electron chi connectivity index (χ2n) is 3.30. The average Bonchev–Trinajstić information content (AvgIpc) is 2.70. The highest BCUT2D eigenvalue weighted by molar-refractivity contribution is 6.36. The maximum absolute atomic E-state index is 11.9. The summed E-state index contributed by atoms with van der Waals surface area (Å²) in [5.41, 5.74) is 0.461. The Kier molecular flexibility index (Phi) is 3.32. The van der Waals surface area contributed by atoms with Crippen LogP contribution in [-0.4, -0.2) is 5.78 Å². The van der Waals surface area contributed by atoms with Gasteiger partial charge in [0, 0.05) is 10.6 Å². The Morgan fingerprint density at radius 1 is 1.25 bits per heavy atom. The third-order valence-electron chi connectivity index (χ3n) is 2.15. The van der Waals surface area contributed by atoms with Crippen molar-refractivity contribution in [1.82, 2.24) is 0 Å². The molecule has 1 aromatic carbocycles. The average molecular weight is 255 g/mol. The first-order valence-electron chi connectivity index (χ1n) is 4.67. The summed E-state index contributed by atoms with van der Waals surface area (Å²) in [5.74, 6) is 0.535. The molecule has 82 valence electrons. The normalized spacial score (nSPS) is 10.4. The van der Waals surface area contributed by atoms with Crippen LogP contribution in [0.2, 0.25) is 10.0 Å². The van der Waals surface area contributed by atoms with Crippen LogP contribution >= 0.6 is 23.2 Å². The summed E-state index contributed by atoms with van der Waals surface area (Å²) in [6.45, 7) is 0. The van der Waals surface area contributed by atoms with Crippen molar-refractivity contribution in [2.75, 3.05) is 0 Å². The number of Topliss-reactive ketones (excluding diaryl/α,β-unsaturated/α-hetero) is 1. The highest BCUT2D eigenvalue weighted by Crippen LogP contribution is 2.22. The van der Waals surface area contributed by atoms with Crippen LogP contribution in [0.1, 0.15) is 16.1 Å². The van der Waals surface area contributed by atoms with Gasteiger partial charge in [-0.3, -0.25) is 4.79 Å². The van der Waals surface area contributed by atoms with Crippen LogP contribution in [-0.2, 0) is 6.42 Å². The number of furan rings is 1. The van der Waals surface area contributed by atoms with Crippen molar-refractivity contribution in [2.45, 2.75) is 6.42 Å². The first-order chi connectivity index (χ1) is 7.66. The molecule has 1 aromatic heterocycles. The van der Waals surface area contributed by atoms with Gasteiger partial charge in [-0.05, 0) is 30.3 Å². The predicted octanol–water partition coefficient (Wildman–Crippen LogP) is 4.01. The van der Waals surface area contributed by atoms with Gasteiger partial charge in [0.25, 0.3) is 0 Å². The van der Waals surface area contributed by atoms with Gasteiger partial charge in [0.2, 0.25) is 0 Å². The van der Waals surface area contributed by atoms with Gasteiger partial charge in [-0.15, -0.1) is 0 Å². The van der Waals surface area contributed by atoms with Gasteiger partial charge < -0.3 is 4.42 Å². The minimum Gasteiger partial charge on any atom is -0.469 e. The molecular formula is C12H8Cl2O2. The molecule has 0 saturated heterocycles. The summed E-state index contributed by atoms with van der Waals surface area (Å²) in [5, 5.41) is 0.878. The van der Waals surface area contributed by atoms with Crippen molar-refractivity contribution < 1.29 is 9.21 Å². The zero-order chi connectivity index (χ0) is 11.5. The van der Waals surface area contributed by atoms with E-state index >= 15 is 0 Å². The van der Waals surface area contributed by atoms with E-state index in [1.165, 1.54) is 6.26 Å². The SMILES string of the molecule is O=C(Cc1ccco1)c1ccc(Cl)cc1Cl.